The summed E-state index contributed by atoms with van der Waals surface area (Å²) in [4.78, 5) is 6.47. The summed E-state index contributed by atoms with van der Waals surface area (Å²) >= 11 is 0. The lowest BCUT2D eigenvalue weighted by atomic mass is 10.1. The summed E-state index contributed by atoms with van der Waals surface area (Å²) in [7, 11) is 0. The molecule has 1 aromatic rings. The monoisotopic (exact) mass is 264 g/mol. The van der Waals surface area contributed by atoms with Crippen LogP contribution in [0.4, 0.5) is 0 Å². The topological polar surface area (TPSA) is 84.0 Å². The van der Waals surface area contributed by atoms with Crippen LogP contribution in [-0.4, -0.2) is 46.2 Å². The molecule has 1 aliphatic heterocycles. The molecule has 6 heteroatoms. The molecule has 6 nitrogen and oxygen atoms in total. The highest BCUT2D eigenvalue weighted by atomic mass is 16.5. The average Bonchev–Trinajstić information content (AvgIpc) is 2.37. The molecule has 19 heavy (non-hydrogen) atoms. The summed E-state index contributed by atoms with van der Waals surface area (Å²) in [5.74, 6) is 0.0463. The zero-order valence-corrected chi connectivity index (χ0v) is 11.3. The molecule has 0 aromatic carbocycles. The van der Waals surface area contributed by atoms with Gasteiger partial charge in [-0.1, -0.05) is 11.2 Å². The van der Waals surface area contributed by atoms with Crippen molar-refractivity contribution in [2.45, 2.75) is 32.6 Å². The van der Waals surface area contributed by atoms with Crippen molar-refractivity contribution in [2.24, 2.45) is 10.9 Å². The van der Waals surface area contributed by atoms with Gasteiger partial charge < -0.3 is 15.7 Å². The zero-order valence-electron chi connectivity index (χ0n) is 11.3. The number of nitrogens with zero attached hydrogens (tertiary/aromatic N) is 3. The molecule has 104 valence electrons. The van der Waals surface area contributed by atoms with Gasteiger partial charge in [0.2, 0.25) is 0 Å². The first kappa shape index (κ1) is 13.8. The predicted octanol–water partition coefficient (Wildman–Crippen LogP) is 0.785. The molecule has 0 amide bonds. The summed E-state index contributed by atoms with van der Waals surface area (Å²) < 4.78 is 5.71. The third-order valence-electron chi connectivity index (χ3n) is 3.13. The smallest absolute Gasteiger partial charge is 0.189 e. The van der Waals surface area contributed by atoms with Gasteiger partial charge in [-0.25, -0.2) is 0 Å². The normalized spacial score (nSPS) is 25.5. The van der Waals surface area contributed by atoms with Gasteiger partial charge in [0.05, 0.1) is 12.2 Å². The maximum Gasteiger partial charge on any atom is 0.189 e. The largest absolute Gasteiger partial charge is 0.409 e. The van der Waals surface area contributed by atoms with Crippen LogP contribution in [-0.2, 0) is 11.3 Å². The number of aromatic nitrogens is 1. The molecule has 1 fully saturated rings. The van der Waals surface area contributed by atoms with E-state index in [1.165, 1.54) is 0 Å². The third-order valence-corrected chi connectivity index (χ3v) is 3.13. The van der Waals surface area contributed by atoms with Crippen LogP contribution in [0.15, 0.2) is 23.5 Å². The number of hydrogen-bond donors (Lipinski definition) is 2. The lowest BCUT2D eigenvalue weighted by Gasteiger charge is -2.35. The van der Waals surface area contributed by atoms with E-state index >= 15 is 0 Å². The molecule has 0 bridgehead atoms. The molecule has 1 aromatic heterocycles. The molecule has 3 N–H and O–H groups in total. The fourth-order valence-corrected chi connectivity index (χ4v) is 2.50. The minimum Gasteiger partial charge on any atom is -0.409 e. The minimum absolute atomic E-state index is 0.0463. The Labute approximate surface area is 112 Å². The Bertz CT molecular complexity index is 454. The maximum atomic E-state index is 8.79. The van der Waals surface area contributed by atoms with E-state index in [9.17, 15) is 0 Å². The number of amidine groups is 1. The first-order valence-electron chi connectivity index (χ1n) is 6.39. The molecular formula is C13H20N4O2. The molecule has 0 unspecified atom stereocenters. The fraction of sp³-hybridized carbons (Fsp3) is 0.538. The van der Waals surface area contributed by atoms with Crippen molar-refractivity contribution in [3.8, 4) is 0 Å². The molecule has 1 saturated heterocycles. The Morgan fingerprint density at radius 2 is 2.21 bits per heavy atom. The van der Waals surface area contributed by atoms with Crippen LogP contribution in [0.2, 0.25) is 0 Å². The zero-order chi connectivity index (χ0) is 13.8. The molecule has 2 heterocycles. The van der Waals surface area contributed by atoms with Crippen LogP contribution in [0.3, 0.4) is 0 Å². The second kappa shape index (κ2) is 5.99. The van der Waals surface area contributed by atoms with E-state index in [0.29, 0.717) is 5.69 Å². The standard InChI is InChI=1S/C13H20N4O2/c1-9-6-17(7-10(2)19-9)8-11-4-3-5-15-12(11)13(14)16-18/h3-5,9-10,18H,6-8H2,1-2H3,(H2,14,16)/t9-,10+. The number of pyridine rings is 1. The number of rotatable bonds is 3. The van der Waals surface area contributed by atoms with Gasteiger partial charge in [0.25, 0.3) is 0 Å². The lowest BCUT2D eigenvalue weighted by molar-refractivity contribution is -0.0705. The summed E-state index contributed by atoms with van der Waals surface area (Å²) in [5.41, 5.74) is 7.15. The van der Waals surface area contributed by atoms with E-state index in [0.717, 1.165) is 25.2 Å². The molecule has 2 rings (SSSR count). The number of nitrogens with two attached hydrogens (primary N) is 1. The number of ether oxygens (including phenoxy) is 1. The van der Waals surface area contributed by atoms with Crippen molar-refractivity contribution < 1.29 is 9.94 Å². The van der Waals surface area contributed by atoms with E-state index in [-0.39, 0.29) is 18.0 Å². The van der Waals surface area contributed by atoms with E-state index in [2.05, 4.69) is 28.9 Å². The summed E-state index contributed by atoms with van der Waals surface area (Å²) in [6.45, 7) is 6.59. The van der Waals surface area contributed by atoms with Crippen LogP contribution in [0, 0.1) is 0 Å². The summed E-state index contributed by atoms with van der Waals surface area (Å²) in [6, 6.07) is 3.81. The molecule has 0 saturated carbocycles. The number of oxime groups is 1. The predicted molar refractivity (Wildman–Crippen MR) is 72.0 cm³/mol. The van der Waals surface area contributed by atoms with Gasteiger partial charge in [0.15, 0.2) is 5.84 Å². The summed E-state index contributed by atoms with van der Waals surface area (Å²) in [6.07, 6.45) is 2.07. The van der Waals surface area contributed by atoms with Crippen molar-refractivity contribution >= 4 is 5.84 Å². The second-order valence-corrected chi connectivity index (χ2v) is 4.95. The lowest BCUT2D eigenvalue weighted by Crippen LogP contribution is -2.45. The van der Waals surface area contributed by atoms with Crippen LogP contribution >= 0.6 is 0 Å². The highest BCUT2D eigenvalue weighted by Crippen LogP contribution is 2.15. The maximum absolute atomic E-state index is 8.79. The third kappa shape index (κ3) is 3.42. The fourth-order valence-electron chi connectivity index (χ4n) is 2.50. The Kier molecular flexibility index (Phi) is 4.34. The van der Waals surface area contributed by atoms with Crippen LogP contribution in [0.5, 0.6) is 0 Å². The first-order chi connectivity index (χ1) is 9.10. The number of morpholine rings is 1. The van der Waals surface area contributed by atoms with Gasteiger partial charge in [0.1, 0.15) is 5.69 Å². The second-order valence-electron chi connectivity index (χ2n) is 4.95. The van der Waals surface area contributed by atoms with Crippen molar-refractivity contribution in [3.63, 3.8) is 0 Å². The van der Waals surface area contributed by atoms with E-state index in [4.69, 9.17) is 15.7 Å². The van der Waals surface area contributed by atoms with Crippen molar-refractivity contribution in [1.29, 1.82) is 0 Å². The van der Waals surface area contributed by atoms with Crippen molar-refractivity contribution in [1.82, 2.24) is 9.88 Å². The summed E-state index contributed by atoms with van der Waals surface area (Å²) in [5, 5.41) is 11.8. The first-order valence-corrected chi connectivity index (χ1v) is 6.39. The van der Waals surface area contributed by atoms with Crippen molar-refractivity contribution in [3.05, 3.63) is 29.6 Å². The SMILES string of the molecule is C[C@@H]1CN(Cc2cccnc2/C(N)=N/O)C[C@H](C)O1. The Balaban J connectivity index is 2.15. The van der Waals surface area contributed by atoms with Crippen LogP contribution in [0.1, 0.15) is 25.1 Å². The molecule has 0 spiro atoms. The molecule has 0 radical (unpaired) electrons. The highest BCUT2D eigenvalue weighted by molar-refractivity contribution is 5.96. The van der Waals surface area contributed by atoms with Crippen LogP contribution in [0.25, 0.3) is 0 Å². The molecule has 2 atom stereocenters. The average molecular weight is 264 g/mol. The highest BCUT2D eigenvalue weighted by Gasteiger charge is 2.23. The minimum atomic E-state index is 0.0463. The Morgan fingerprint density at radius 3 is 2.84 bits per heavy atom. The van der Waals surface area contributed by atoms with Gasteiger partial charge in [-0.05, 0) is 25.5 Å². The van der Waals surface area contributed by atoms with E-state index < -0.39 is 0 Å². The van der Waals surface area contributed by atoms with Crippen LogP contribution < -0.4 is 5.73 Å². The van der Waals surface area contributed by atoms with Gasteiger partial charge >= 0.3 is 0 Å². The Hall–Kier alpha value is -1.66. The van der Waals surface area contributed by atoms with Gasteiger partial charge in [-0.15, -0.1) is 0 Å². The van der Waals surface area contributed by atoms with E-state index in [1.807, 2.05) is 12.1 Å². The Morgan fingerprint density at radius 1 is 1.53 bits per heavy atom. The quantitative estimate of drug-likeness (QED) is 0.365. The van der Waals surface area contributed by atoms with E-state index in [1.54, 1.807) is 6.20 Å². The van der Waals surface area contributed by atoms with Gasteiger partial charge in [-0.3, -0.25) is 9.88 Å². The molecule has 1 aliphatic rings. The molecular weight excluding hydrogens is 244 g/mol. The van der Waals surface area contributed by atoms with Gasteiger partial charge in [0, 0.05) is 25.8 Å². The van der Waals surface area contributed by atoms with Gasteiger partial charge in [-0.2, -0.15) is 0 Å². The van der Waals surface area contributed by atoms with Crippen molar-refractivity contribution in [2.75, 3.05) is 13.1 Å². The molecule has 0 aliphatic carbocycles. The number of hydrogen-bond acceptors (Lipinski definition) is 5.